The number of benzene rings is 1. The fourth-order valence-electron chi connectivity index (χ4n) is 0.767. The van der Waals surface area contributed by atoms with Crippen molar-refractivity contribution in [2.75, 3.05) is 0 Å². The van der Waals surface area contributed by atoms with Crippen molar-refractivity contribution in [1.82, 2.24) is 0 Å². The van der Waals surface area contributed by atoms with Gasteiger partial charge in [-0.3, -0.25) is 0 Å². The topological polar surface area (TPSA) is 60.4 Å². The Morgan fingerprint density at radius 2 is 1.79 bits per heavy atom. The molecular formula is C7H2I3LiO3. The predicted octanol–water partition coefficient (Wildman–Crippen LogP) is -1.43. The van der Waals surface area contributed by atoms with E-state index >= 15 is 0 Å². The molecule has 0 aromatic heterocycles. The number of rotatable bonds is 1. The van der Waals surface area contributed by atoms with E-state index in [1.165, 1.54) is 0 Å². The van der Waals surface area contributed by atoms with Crippen LogP contribution in [0.15, 0.2) is 6.07 Å². The second-order valence-electron chi connectivity index (χ2n) is 2.17. The van der Waals surface area contributed by atoms with Gasteiger partial charge in [-0.15, -0.1) is 0 Å². The quantitative estimate of drug-likeness (QED) is 0.364. The molecule has 14 heavy (non-hydrogen) atoms. The number of carbonyl (C=O) groups excluding carboxylic acids is 1. The second-order valence-corrected chi connectivity index (χ2v) is 5.57. The van der Waals surface area contributed by atoms with E-state index in [1.807, 2.05) is 45.2 Å². The smallest absolute Gasteiger partial charge is 0.545 e. The zero-order valence-electron chi connectivity index (χ0n) is 6.97. The van der Waals surface area contributed by atoms with Crippen molar-refractivity contribution in [1.29, 1.82) is 0 Å². The number of hydrogen-bond acceptors (Lipinski definition) is 3. The van der Waals surface area contributed by atoms with Crippen LogP contribution < -0.4 is 24.0 Å². The van der Waals surface area contributed by atoms with Gasteiger partial charge in [-0.05, 0) is 73.8 Å². The van der Waals surface area contributed by atoms with Gasteiger partial charge in [-0.25, -0.2) is 0 Å². The van der Waals surface area contributed by atoms with Gasteiger partial charge in [0, 0.05) is 9.13 Å². The Hall–Kier alpha value is 1.28. The van der Waals surface area contributed by atoms with E-state index in [1.54, 1.807) is 28.7 Å². The molecule has 70 valence electrons. The molecule has 1 aromatic carbocycles. The zero-order chi connectivity index (χ0) is 10.2. The van der Waals surface area contributed by atoms with Gasteiger partial charge >= 0.3 is 18.9 Å². The maximum absolute atomic E-state index is 10.7. The van der Waals surface area contributed by atoms with E-state index in [0.717, 1.165) is 0 Å². The second kappa shape index (κ2) is 6.12. The molecule has 3 nitrogen and oxygen atoms in total. The molecule has 0 aliphatic carbocycles. The first kappa shape index (κ1) is 15.3. The van der Waals surface area contributed by atoms with Crippen LogP contribution in [0.1, 0.15) is 10.4 Å². The van der Waals surface area contributed by atoms with E-state index in [0.29, 0.717) is 10.7 Å². The number of carboxylic acid groups (broad SMARTS) is 1. The number of carboxylic acids is 1. The van der Waals surface area contributed by atoms with E-state index < -0.39 is 5.97 Å². The minimum atomic E-state index is -1.26. The van der Waals surface area contributed by atoms with Crippen molar-refractivity contribution in [2.45, 2.75) is 0 Å². The molecule has 0 bridgehead atoms. The van der Waals surface area contributed by atoms with Crippen molar-refractivity contribution in [2.24, 2.45) is 0 Å². The summed E-state index contributed by atoms with van der Waals surface area (Å²) >= 11 is 5.64. The van der Waals surface area contributed by atoms with Crippen molar-refractivity contribution in [3.05, 3.63) is 22.3 Å². The first-order valence-electron chi connectivity index (χ1n) is 3.03. The number of aromatic hydroxyl groups is 1. The number of phenols is 1. The molecule has 0 spiro atoms. The standard InChI is InChI=1S/C7H3I3O3.Li/c8-2-1-3(9)6(11)5(10)4(2)7(12)13;/h1,11H,(H,12,13);/q;+1/p-1. The Balaban J connectivity index is 0.00000169. The molecule has 0 heterocycles. The molecule has 1 N–H and O–H groups in total. The average Bonchev–Trinajstić information content (AvgIpc) is 1.99. The molecular weight excluding hydrogens is 520 g/mol. The first-order chi connectivity index (χ1) is 5.95. The van der Waals surface area contributed by atoms with Crippen LogP contribution in [0.5, 0.6) is 5.75 Å². The van der Waals surface area contributed by atoms with Crippen LogP contribution in [0.4, 0.5) is 0 Å². The Bertz CT molecular complexity index is 381. The van der Waals surface area contributed by atoms with Crippen LogP contribution in [-0.4, -0.2) is 11.1 Å². The molecule has 0 radical (unpaired) electrons. The van der Waals surface area contributed by atoms with Gasteiger partial charge in [0.05, 0.1) is 13.1 Å². The van der Waals surface area contributed by atoms with Crippen molar-refractivity contribution in [3.63, 3.8) is 0 Å². The Labute approximate surface area is 134 Å². The summed E-state index contributed by atoms with van der Waals surface area (Å²) < 4.78 is 1.54. The molecule has 1 aromatic rings. The van der Waals surface area contributed by atoms with Gasteiger partial charge in [0.25, 0.3) is 0 Å². The Kier molecular flexibility index (Phi) is 6.68. The van der Waals surface area contributed by atoms with Crippen LogP contribution in [0, 0.1) is 10.7 Å². The molecule has 7 heteroatoms. The van der Waals surface area contributed by atoms with Crippen LogP contribution in [0.3, 0.4) is 0 Å². The molecule has 0 saturated heterocycles. The fourth-order valence-corrected chi connectivity index (χ4v) is 4.58. The average molecular weight is 522 g/mol. The minimum Gasteiger partial charge on any atom is -0.545 e. The van der Waals surface area contributed by atoms with Gasteiger partial charge < -0.3 is 15.0 Å². The Morgan fingerprint density at radius 3 is 2.21 bits per heavy atom. The third kappa shape index (κ3) is 3.13. The fraction of sp³-hybridized carbons (Fsp3) is 0. The molecule has 0 atom stereocenters. The summed E-state index contributed by atoms with van der Waals surface area (Å²) in [7, 11) is 0. The van der Waals surface area contributed by atoms with Crippen LogP contribution in [-0.2, 0) is 0 Å². The maximum Gasteiger partial charge on any atom is 1.00 e. The van der Waals surface area contributed by atoms with Gasteiger partial charge in [0.1, 0.15) is 5.75 Å². The summed E-state index contributed by atoms with van der Waals surface area (Å²) in [4.78, 5) is 10.7. The molecule has 1 rings (SSSR count). The van der Waals surface area contributed by atoms with E-state index in [2.05, 4.69) is 0 Å². The molecule has 0 amide bonds. The normalized spacial score (nSPS) is 9.36. The number of carbonyl (C=O) groups is 1. The van der Waals surface area contributed by atoms with Crippen molar-refractivity contribution < 1.29 is 33.9 Å². The van der Waals surface area contributed by atoms with Crippen LogP contribution in [0.2, 0.25) is 0 Å². The summed E-state index contributed by atoms with van der Waals surface area (Å²) in [5.41, 5.74) is 0.0547. The largest absolute Gasteiger partial charge is 1.00 e. The summed E-state index contributed by atoms with van der Waals surface area (Å²) in [6.45, 7) is 0. The third-order valence-corrected chi connectivity index (χ3v) is 4.07. The first-order valence-corrected chi connectivity index (χ1v) is 6.26. The number of aromatic carboxylic acids is 1. The SMILES string of the molecule is O=C([O-])c1c(I)cc(I)c(O)c1I.[Li+]. The van der Waals surface area contributed by atoms with Crippen molar-refractivity contribution >= 4 is 73.7 Å². The predicted molar refractivity (Wildman–Crippen MR) is 70.6 cm³/mol. The van der Waals surface area contributed by atoms with Crippen LogP contribution in [0.25, 0.3) is 0 Å². The van der Waals surface area contributed by atoms with Crippen molar-refractivity contribution in [3.8, 4) is 5.75 Å². The van der Waals surface area contributed by atoms with Gasteiger partial charge in [-0.1, -0.05) is 0 Å². The zero-order valence-corrected chi connectivity index (χ0v) is 13.4. The molecule has 0 aliphatic rings. The third-order valence-electron chi connectivity index (χ3n) is 1.35. The number of halogens is 3. The minimum absolute atomic E-state index is 0. The maximum atomic E-state index is 10.7. The number of hydrogen-bond donors (Lipinski definition) is 1. The monoisotopic (exact) mass is 522 g/mol. The number of phenolic OH excluding ortho intramolecular Hbond substituents is 1. The summed E-state index contributed by atoms with van der Waals surface area (Å²) in [5.74, 6) is -1.26. The Morgan fingerprint density at radius 1 is 1.29 bits per heavy atom. The van der Waals surface area contributed by atoms with E-state index in [9.17, 15) is 15.0 Å². The summed E-state index contributed by atoms with van der Waals surface area (Å²) in [6.07, 6.45) is 0. The van der Waals surface area contributed by atoms with Crippen LogP contribution >= 0.6 is 67.8 Å². The molecule has 0 aliphatic heterocycles. The molecule has 0 fully saturated rings. The van der Waals surface area contributed by atoms with E-state index in [-0.39, 0.29) is 30.2 Å². The van der Waals surface area contributed by atoms with Gasteiger partial charge in [0.15, 0.2) is 0 Å². The van der Waals surface area contributed by atoms with E-state index in [4.69, 9.17) is 0 Å². The summed E-state index contributed by atoms with van der Waals surface area (Å²) in [6, 6.07) is 1.60. The summed E-state index contributed by atoms with van der Waals surface area (Å²) in [5, 5.41) is 20.1. The van der Waals surface area contributed by atoms with Gasteiger partial charge in [-0.2, -0.15) is 0 Å². The molecule has 0 saturated carbocycles. The van der Waals surface area contributed by atoms with Gasteiger partial charge in [0.2, 0.25) is 0 Å². The molecule has 0 unspecified atom stereocenters.